The van der Waals surface area contributed by atoms with Gasteiger partial charge in [-0.2, -0.15) is 0 Å². The second kappa shape index (κ2) is 11.8. The number of rotatable bonds is 10. The fourth-order valence-electron chi connectivity index (χ4n) is 3.18. The van der Waals surface area contributed by atoms with E-state index in [1.165, 1.54) is 0 Å². The van der Waals surface area contributed by atoms with Gasteiger partial charge in [0.15, 0.2) is 6.61 Å². The number of amides is 2. The maximum absolute atomic E-state index is 13.2. The van der Waals surface area contributed by atoms with Gasteiger partial charge in [-0.25, -0.2) is 0 Å². The van der Waals surface area contributed by atoms with Crippen LogP contribution >= 0.6 is 11.6 Å². The molecule has 0 fully saturated rings. The van der Waals surface area contributed by atoms with Crippen molar-refractivity contribution in [2.75, 3.05) is 6.61 Å². The lowest BCUT2D eigenvalue weighted by atomic mass is 10.1. The first-order valence-corrected chi connectivity index (χ1v) is 11.2. The second-order valence-corrected chi connectivity index (χ2v) is 8.36. The Kier molecular flexibility index (Phi) is 9.38. The zero-order chi connectivity index (χ0) is 23.0. The number of halogens is 1. The Hall–Kier alpha value is -2.53. The van der Waals surface area contributed by atoms with Crippen LogP contribution in [0, 0.1) is 13.8 Å². The van der Waals surface area contributed by atoms with Gasteiger partial charge < -0.3 is 15.0 Å². The van der Waals surface area contributed by atoms with Gasteiger partial charge in [-0.3, -0.25) is 9.59 Å². The Morgan fingerprint density at radius 2 is 1.71 bits per heavy atom. The molecular formula is C25H33ClN2O3. The summed E-state index contributed by atoms with van der Waals surface area (Å²) in [6.45, 7) is 10.1. The molecule has 168 valence electrons. The van der Waals surface area contributed by atoms with Gasteiger partial charge in [-0.15, -0.1) is 0 Å². The SMILES string of the molecule is CC[C@H](C)NC(=O)[C@H](CC)N(Cc1ccc(Cl)cc1)C(=O)COc1ccc(C)c(C)c1. The minimum Gasteiger partial charge on any atom is -0.484 e. The van der Waals surface area contributed by atoms with Crippen LogP contribution in [0.4, 0.5) is 0 Å². The highest BCUT2D eigenvalue weighted by Gasteiger charge is 2.29. The predicted molar refractivity (Wildman–Crippen MR) is 125 cm³/mol. The van der Waals surface area contributed by atoms with E-state index in [0.29, 0.717) is 23.7 Å². The first kappa shape index (κ1) is 24.7. The van der Waals surface area contributed by atoms with Crippen molar-refractivity contribution in [1.82, 2.24) is 10.2 Å². The molecule has 2 amide bonds. The fourth-order valence-corrected chi connectivity index (χ4v) is 3.30. The summed E-state index contributed by atoms with van der Waals surface area (Å²) >= 11 is 6.00. The highest BCUT2D eigenvalue weighted by Crippen LogP contribution is 2.18. The summed E-state index contributed by atoms with van der Waals surface area (Å²) < 4.78 is 5.77. The van der Waals surface area contributed by atoms with Crippen LogP contribution in [0.15, 0.2) is 42.5 Å². The van der Waals surface area contributed by atoms with E-state index >= 15 is 0 Å². The number of hydrogen-bond donors (Lipinski definition) is 1. The lowest BCUT2D eigenvalue weighted by Gasteiger charge is -2.31. The highest BCUT2D eigenvalue weighted by atomic mass is 35.5. The average Bonchev–Trinajstić information content (AvgIpc) is 2.75. The van der Waals surface area contributed by atoms with Crippen molar-refractivity contribution >= 4 is 23.4 Å². The molecule has 0 aliphatic carbocycles. The molecule has 6 heteroatoms. The molecule has 0 aliphatic rings. The Morgan fingerprint density at radius 3 is 2.29 bits per heavy atom. The van der Waals surface area contributed by atoms with Gasteiger partial charge in [0.05, 0.1) is 0 Å². The van der Waals surface area contributed by atoms with Crippen LogP contribution in [0.3, 0.4) is 0 Å². The van der Waals surface area contributed by atoms with Gasteiger partial charge in [0.1, 0.15) is 11.8 Å². The molecule has 0 spiro atoms. The number of nitrogens with zero attached hydrogens (tertiary/aromatic N) is 1. The summed E-state index contributed by atoms with van der Waals surface area (Å²) in [6, 6.07) is 12.5. The van der Waals surface area contributed by atoms with Gasteiger partial charge in [0.2, 0.25) is 5.91 Å². The van der Waals surface area contributed by atoms with Gasteiger partial charge in [-0.1, -0.05) is 43.6 Å². The first-order valence-electron chi connectivity index (χ1n) is 10.8. The lowest BCUT2D eigenvalue weighted by molar-refractivity contribution is -0.143. The van der Waals surface area contributed by atoms with Gasteiger partial charge in [0, 0.05) is 17.6 Å². The molecule has 0 radical (unpaired) electrons. The van der Waals surface area contributed by atoms with E-state index in [9.17, 15) is 9.59 Å². The van der Waals surface area contributed by atoms with E-state index < -0.39 is 6.04 Å². The zero-order valence-corrected chi connectivity index (χ0v) is 19.8. The minimum atomic E-state index is -0.583. The number of benzene rings is 2. The summed E-state index contributed by atoms with van der Waals surface area (Å²) in [5.41, 5.74) is 3.16. The minimum absolute atomic E-state index is 0.0424. The third-order valence-corrected chi connectivity index (χ3v) is 5.75. The van der Waals surface area contributed by atoms with Gasteiger partial charge in [-0.05, 0) is 74.6 Å². The first-order chi connectivity index (χ1) is 14.7. The highest BCUT2D eigenvalue weighted by molar-refractivity contribution is 6.30. The molecule has 1 N–H and O–H groups in total. The summed E-state index contributed by atoms with van der Waals surface area (Å²) in [5, 5.41) is 3.63. The van der Waals surface area contributed by atoms with E-state index in [0.717, 1.165) is 23.1 Å². The molecule has 2 atom stereocenters. The molecule has 2 rings (SSSR count). The number of ether oxygens (including phenoxy) is 1. The van der Waals surface area contributed by atoms with Crippen molar-refractivity contribution in [2.45, 2.75) is 66.1 Å². The van der Waals surface area contributed by atoms with Gasteiger partial charge in [0.25, 0.3) is 5.91 Å². The summed E-state index contributed by atoms with van der Waals surface area (Å²) in [7, 11) is 0. The maximum atomic E-state index is 13.2. The summed E-state index contributed by atoms with van der Waals surface area (Å²) in [5.74, 6) is 0.254. The molecule has 2 aromatic carbocycles. The van der Waals surface area contributed by atoms with Crippen LogP contribution in [-0.4, -0.2) is 35.4 Å². The Bertz CT molecular complexity index is 883. The molecule has 0 aliphatic heterocycles. The number of hydrogen-bond acceptors (Lipinski definition) is 3. The lowest BCUT2D eigenvalue weighted by Crippen LogP contribution is -2.51. The Balaban J connectivity index is 2.21. The third-order valence-electron chi connectivity index (χ3n) is 5.49. The smallest absolute Gasteiger partial charge is 0.261 e. The van der Waals surface area contributed by atoms with E-state index in [1.54, 1.807) is 17.0 Å². The van der Waals surface area contributed by atoms with Crippen LogP contribution in [-0.2, 0) is 16.1 Å². The molecular weight excluding hydrogens is 412 g/mol. The average molecular weight is 445 g/mol. The number of carbonyl (C=O) groups excluding carboxylic acids is 2. The largest absolute Gasteiger partial charge is 0.484 e. The predicted octanol–water partition coefficient (Wildman–Crippen LogP) is 5.06. The van der Waals surface area contributed by atoms with Crippen molar-refractivity contribution in [1.29, 1.82) is 0 Å². The summed E-state index contributed by atoms with van der Waals surface area (Å²) in [6.07, 6.45) is 1.33. The van der Waals surface area contributed by atoms with E-state index in [-0.39, 0.29) is 24.5 Å². The molecule has 0 bridgehead atoms. The van der Waals surface area contributed by atoms with E-state index in [1.807, 2.05) is 65.0 Å². The number of nitrogens with one attached hydrogen (secondary N) is 1. The topological polar surface area (TPSA) is 58.6 Å². The third kappa shape index (κ3) is 7.28. The zero-order valence-electron chi connectivity index (χ0n) is 19.1. The maximum Gasteiger partial charge on any atom is 0.261 e. The van der Waals surface area contributed by atoms with E-state index in [4.69, 9.17) is 16.3 Å². The van der Waals surface area contributed by atoms with Crippen LogP contribution in [0.25, 0.3) is 0 Å². The monoisotopic (exact) mass is 444 g/mol. The molecule has 2 aromatic rings. The number of aryl methyl sites for hydroxylation is 2. The van der Waals surface area contributed by atoms with Crippen molar-refractivity contribution in [2.24, 2.45) is 0 Å². The molecule has 0 heterocycles. The Morgan fingerprint density at radius 1 is 1.03 bits per heavy atom. The van der Waals surface area contributed by atoms with Crippen molar-refractivity contribution in [3.05, 3.63) is 64.2 Å². The normalized spacial score (nSPS) is 12.7. The second-order valence-electron chi connectivity index (χ2n) is 7.92. The molecule has 5 nitrogen and oxygen atoms in total. The number of carbonyl (C=O) groups is 2. The van der Waals surface area contributed by atoms with Crippen molar-refractivity contribution in [3.63, 3.8) is 0 Å². The van der Waals surface area contributed by atoms with Crippen molar-refractivity contribution in [3.8, 4) is 5.75 Å². The molecule has 31 heavy (non-hydrogen) atoms. The van der Waals surface area contributed by atoms with Crippen LogP contribution in [0.2, 0.25) is 5.02 Å². The molecule has 0 saturated heterocycles. The standard InChI is InChI=1S/C25H33ClN2O3/c1-6-19(5)27-25(30)23(7-2)28(15-20-9-11-21(26)12-10-20)24(29)16-31-22-13-8-17(3)18(4)14-22/h8-14,19,23H,6-7,15-16H2,1-5H3,(H,27,30)/t19-,23-/m0/s1. The molecule has 0 unspecified atom stereocenters. The molecule has 0 saturated carbocycles. The van der Waals surface area contributed by atoms with E-state index in [2.05, 4.69) is 5.32 Å². The van der Waals surface area contributed by atoms with Crippen LogP contribution < -0.4 is 10.1 Å². The quantitative estimate of drug-likeness (QED) is 0.557. The van der Waals surface area contributed by atoms with Crippen LogP contribution in [0.1, 0.15) is 50.3 Å². The fraction of sp³-hybridized carbons (Fsp3) is 0.440. The summed E-state index contributed by atoms with van der Waals surface area (Å²) in [4.78, 5) is 27.7. The Labute approximate surface area is 190 Å². The van der Waals surface area contributed by atoms with Gasteiger partial charge >= 0.3 is 0 Å². The molecule has 0 aromatic heterocycles. The van der Waals surface area contributed by atoms with Crippen molar-refractivity contribution < 1.29 is 14.3 Å². The van der Waals surface area contributed by atoms with Crippen LogP contribution in [0.5, 0.6) is 5.75 Å².